The lowest BCUT2D eigenvalue weighted by Gasteiger charge is -2.36. The molecule has 0 bridgehead atoms. The molecule has 0 aliphatic heterocycles. The Balaban J connectivity index is 1.92. The Labute approximate surface area is 279 Å². The maximum absolute atomic E-state index is 2.84. The van der Waals surface area contributed by atoms with E-state index in [0.717, 1.165) is 0 Å². The van der Waals surface area contributed by atoms with E-state index in [0.29, 0.717) is 9.52 Å². The quantitative estimate of drug-likeness (QED) is 0.140. The molecule has 0 aromatic heterocycles. The van der Waals surface area contributed by atoms with Gasteiger partial charge in [-0.05, 0) is 133 Å². The van der Waals surface area contributed by atoms with Crippen LogP contribution in [0.3, 0.4) is 0 Å². The Morgan fingerprint density at radius 2 is 0.933 bits per heavy atom. The summed E-state index contributed by atoms with van der Waals surface area (Å²) in [5, 5.41) is 3.24. The van der Waals surface area contributed by atoms with Crippen molar-refractivity contribution in [1.29, 1.82) is 0 Å². The van der Waals surface area contributed by atoms with Crippen LogP contribution in [0.1, 0.15) is 164 Å². The fourth-order valence-electron chi connectivity index (χ4n) is 9.77. The van der Waals surface area contributed by atoms with Crippen LogP contribution in [-0.4, -0.2) is 9.52 Å². The summed E-state index contributed by atoms with van der Waals surface area (Å²) >= 11 is 0. The Hall–Kier alpha value is -2.38. The van der Waals surface area contributed by atoms with Crippen LogP contribution >= 0.6 is 0 Å². The minimum atomic E-state index is 0.248. The Morgan fingerprint density at radius 1 is 0.556 bits per heavy atom. The van der Waals surface area contributed by atoms with Crippen LogP contribution in [0.15, 0.2) is 54.6 Å². The van der Waals surface area contributed by atoms with E-state index in [1.165, 1.54) is 91.7 Å². The highest BCUT2D eigenvalue weighted by atomic mass is 28.2. The van der Waals surface area contributed by atoms with E-state index in [9.17, 15) is 0 Å². The summed E-state index contributed by atoms with van der Waals surface area (Å²) in [5.41, 5.74) is 13.4. The van der Waals surface area contributed by atoms with Crippen LogP contribution in [0, 0.1) is 13.8 Å². The highest BCUT2D eigenvalue weighted by molar-refractivity contribution is 6.75. The van der Waals surface area contributed by atoms with Crippen LogP contribution < -0.4 is 5.19 Å². The molecule has 0 heterocycles. The first-order valence-electron chi connectivity index (χ1n) is 18.4. The first-order chi connectivity index (χ1) is 21.6. The van der Waals surface area contributed by atoms with Gasteiger partial charge in [-0.3, -0.25) is 0 Å². The first-order valence-corrected chi connectivity index (χ1v) is 19.4. The van der Waals surface area contributed by atoms with Gasteiger partial charge in [-0.1, -0.05) is 138 Å². The summed E-state index contributed by atoms with van der Waals surface area (Å²) in [4.78, 5) is 0. The lowest BCUT2D eigenvalue weighted by atomic mass is 9.70. The van der Waals surface area contributed by atoms with Crippen molar-refractivity contribution in [3.63, 3.8) is 0 Å². The van der Waals surface area contributed by atoms with Crippen molar-refractivity contribution in [2.24, 2.45) is 0 Å². The zero-order valence-corrected chi connectivity index (χ0v) is 31.3. The van der Waals surface area contributed by atoms with Gasteiger partial charge >= 0.3 is 0 Å². The molecular weight excluding hydrogens is 557 g/mol. The highest BCUT2D eigenvalue weighted by Gasteiger charge is 2.56. The number of benzene rings is 3. The molecule has 0 saturated heterocycles. The van der Waals surface area contributed by atoms with Crippen molar-refractivity contribution in [1.82, 2.24) is 0 Å². The molecule has 0 amide bonds. The molecule has 0 fully saturated rings. The minimum absolute atomic E-state index is 0.248. The topological polar surface area (TPSA) is 0 Å². The third-order valence-electron chi connectivity index (χ3n) is 13.3. The largest absolute Gasteiger partial charge is 0.123 e. The fraction of sp³-hybridized carbons (Fsp3) is 0.545. The number of hydrogen-bond donors (Lipinski definition) is 0. The maximum atomic E-state index is 2.84. The molecule has 240 valence electrons. The number of rotatable bonds is 12. The molecule has 2 aliphatic rings. The van der Waals surface area contributed by atoms with Crippen molar-refractivity contribution >= 4 is 26.0 Å². The Bertz CT molecular complexity index is 1440. The summed E-state index contributed by atoms with van der Waals surface area (Å²) in [6, 6.07) is 21.4. The number of aryl methyl sites for hydroxylation is 2. The van der Waals surface area contributed by atoms with Crippen LogP contribution in [0.25, 0.3) is 11.3 Å². The fourth-order valence-corrected chi connectivity index (χ4v) is 11.6. The summed E-state index contributed by atoms with van der Waals surface area (Å²) in [7, 11) is 0.641. The van der Waals surface area contributed by atoms with Gasteiger partial charge in [0.2, 0.25) is 0 Å². The molecule has 0 spiro atoms. The van der Waals surface area contributed by atoms with Gasteiger partial charge in [-0.2, -0.15) is 0 Å². The molecule has 5 rings (SSSR count). The van der Waals surface area contributed by atoms with Gasteiger partial charge in [-0.15, -0.1) is 0 Å². The average Bonchev–Trinajstić information content (AvgIpc) is 3.54. The Morgan fingerprint density at radius 3 is 1.31 bits per heavy atom. The molecule has 3 aromatic rings. The van der Waals surface area contributed by atoms with Gasteiger partial charge in [0.1, 0.15) is 9.52 Å². The third-order valence-corrected chi connectivity index (χ3v) is 14.8. The second-order valence-electron chi connectivity index (χ2n) is 14.9. The first kappa shape index (κ1) is 34.0. The molecule has 1 heteroatoms. The van der Waals surface area contributed by atoms with Crippen molar-refractivity contribution in [2.45, 2.75) is 155 Å². The molecule has 0 saturated carbocycles. The van der Waals surface area contributed by atoms with Crippen molar-refractivity contribution < 1.29 is 0 Å². The van der Waals surface area contributed by atoms with Crippen LogP contribution in [0.2, 0.25) is 0 Å². The number of hydrogen-bond acceptors (Lipinski definition) is 0. The van der Waals surface area contributed by atoms with Gasteiger partial charge in [0, 0.05) is 0 Å². The maximum Gasteiger partial charge on any atom is 0.123 e. The van der Waals surface area contributed by atoms with E-state index in [4.69, 9.17) is 0 Å². The van der Waals surface area contributed by atoms with Crippen LogP contribution in [0.4, 0.5) is 0 Å². The van der Waals surface area contributed by atoms with Crippen LogP contribution in [0.5, 0.6) is 0 Å². The highest BCUT2D eigenvalue weighted by Crippen LogP contribution is 2.61. The summed E-state index contributed by atoms with van der Waals surface area (Å²) in [6.45, 7) is 24.3. The summed E-state index contributed by atoms with van der Waals surface area (Å²) < 4.78 is 0. The molecule has 3 aromatic carbocycles. The zero-order valence-electron chi connectivity index (χ0n) is 30.3. The monoisotopic (exact) mass is 616 g/mol. The molecular formula is C44H60Si. The molecule has 0 N–H and O–H groups in total. The van der Waals surface area contributed by atoms with E-state index in [1.54, 1.807) is 27.4 Å². The second kappa shape index (κ2) is 13.0. The number of fused-ring (bicyclic) bond motifs is 2. The lowest BCUT2D eigenvalue weighted by Crippen LogP contribution is -2.38. The van der Waals surface area contributed by atoms with Gasteiger partial charge in [0.15, 0.2) is 0 Å². The predicted octanol–water partition coefficient (Wildman–Crippen LogP) is 11.9. The van der Waals surface area contributed by atoms with E-state index in [-0.39, 0.29) is 21.7 Å². The van der Waals surface area contributed by atoms with Gasteiger partial charge < -0.3 is 0 Å². The second-order valence-corrected chi connectivity index (χ2v) is 16.1. The predicted molar refractivity (Wildman–Crippen MR) is 200 cm³/mol. The SMILES string of the molecule is CCC1(CC)CC(CC)(CC)c2c1cc1c(c2[Si]/C(=C/c2ccc(C)cc2)c2ccc(C)cc2)C(CC)(CC)CC1(CC)CC. The minimum Gasteiger partial charge on any atom is -0.0645 e. The normalized spacial score (nSPS) is 19.0. The lowest BCUT2D eigenvalue weighted by molar-refractivity contribution is 0.279. The summed E-state index contributed by atoms with van der Waals surface area (Å²) in [5.74, 6) is 0. The van der Waals surface area contributed by atoms with E-state index in [2.05, 4.69) is 130 Å². The van der Waals surface area contributed by atoms with Crippen molar-refractivity contribution in [2.75, 3.05) is 0 Å². The smallest absolute Gasteiger partial charge is 0.0645 e. The molecule has 2 aliphatic carbocycles. The van der Waals surface area contributed by atoms with Gasteiger partial charge in [0.05, 0.1) is 0 Å². The molecule has 0 atom stereocenters. The molecule has 0 nitrogen and oxygen atoms in total. The molecule has 0 unspecified atom stereocenters. The van der Waals surface area contributed by atoms with Crippen LogP contribution in [-0.2, 0) is 21.7 Å². The molecule has 45 heavy (non-hydrogen) atoms. The van der Waals surface area contributed by atoms with Crippen molar-refractivity contribution in [3.05, 3.63) is 99.1 Å². The standard InChI is InChI=1S/C44H60Si/c1-11-41(12-2)29-43(15-5,16-6)38-35(41)28-36-39(44(17-7,18-8)30-42(36,13-3)14-4)40(38)45-37(34-25-21-32(10)22-26-34)27-33-23-19-31(9)20-24-33/h19-28H,11-18,29-30H2,1-10H3/b37-27+. The van der Waals surface area contributed by atoms with E-state index in [1.807, 2.05) is 0 Å². The van der Waals surface area contributed by atoms with Gasteiger partial charge in [-0.25, -0.2) is 0 Å². The third kappa shape index (κ3) is 5.44. The van der Waals surface area contributed by atoms with Gasteiger partial charge in [0.25, 0.3) is 0 Å². The summed E-state index contributed by atoms with van der Waals surface area (Å²) in [6.07, 6.45) is 15.0. The average molecular weight is 617 g/mol. The van der Waals surface area contributed by atoms with E-state index >= 15 is 0 Å². The zero-order chi connectivity index (χ0) is 32.6. The Kier molecular flexibility index (Phi) is 9.83. The molecule has 2 radical (unpaired) electrons. The van der Waals surface area contributed by atoms with Crippen molar-refractivity contribution in [3.8, 4) is 0 Å². The van der Waals surface area contributed by atoms with E-state index < -0.39 is 0 Å².